The fraction of sp³-hybridized carbons (Fsp3) is 0.125. The summed E-state index contributed by atoms with van der Waals surface area (Å²) in [4.78, 5) is 28.9. The number of ether oxygens (including phenoxy) is 1. The lowest BCUT2D eigenvalue weighted by atomic mass is 10.2. The molecule has 0 unspecified atom stereocenters. The number of hydrogen-bond acceptors (Lipinski definition) is 4. The van der Waals surface area contributed by atoms with Crippen LogP contribution in [0.1, 0.15) is 16.8 Å². The minimum atomic E-state index is -0.324. The number of amides is 2. The molecule has 0 fully saturated rings. The number of urea groups is 1. The number of rotatable bonds is 5. The second kappa shape index (κ2) is 8.71. The lowest BCUT2D eigenvalue weighted by molar-refractivity contribution is 0.262. The van der Waals surface area contributed by atoms with Crippen LogP contribution in [-0.2, 0) is 6.61 Å². The summed E-state index contributed by atoms with van der Waals surface area (Å²) in [6.45, 7) is 4.06. The van der Waals surface area contributed by atoms with E-state index >= 15 is 0 Å². The van der Waals surface area contributed by atoms with Crippen molar-refractivity contribution in [3.8, 4) is 5.75 Å². The zero-order valence-electron chi connectivity index (χ0n) is 17.3. The van der Waals surface area contributed by atoms with Crippen molar-refractivity contribution in [3.63, 3.8) is 0 Å². The lowest BCUT2D eigenvalue weighted by Gasteiger charge is -2.10. The van der Waals surface area contributed by atoms with Crippen LogP contribution in [-0.4, -0.2) is 15.4 Å². The van der Waals surface area contributed by atoms with E-state index in [0.29, 0.717) is 22.8 Å². The maximum absolute atomic E-state index is 12.3. The third kappa shape index (κ3) is 5.08. The number of hydrogen-bond donors (Lipinski definition) is 2. The van der Waals surface area contributed by atoms with Gasteiger partial charge in [0.15, 0.2) is 0 Å². The predicted octanol–water partition coefficient (Wildman–Crippen LogP) is 4.53. The average Bonchev–Trinajstić information content (AvgIpc) is 2.74. The maximum atomic E-state index is 12.3. The fourth-order valence-electron chi connectivity index (χ4n) is 3.14. The van der Waals surface area contributed by atoms with Gasteiger partial charge in [0.25, 0.3) is 5.56 Å². The molecule has 0 bridgehead atoms. The van der Waals surface area contributed by atoms with Gasteiger partial charge in [0.2, 0.25) is 0 Å². The van der Waals surface area contributed by atoms with E-state index in [0.717, 1.165) is 16.8 Å². The van der Waals surface area contributed by atoms with Gasteiger partial charge in [0.05, 0.1) is 5.69 Å². The average molecular weight is 414 g/mol. The number of nitrogens with one attached hydrogen (secondary N) is 2. The standard InChI is InChI=1S/C24H22N4O3/c1-16-4-3-5-19(12-16)27-24(30)26-18-7-9-21(10-8-18)31-15-20-13-23(29)28-14-17(2)6-11-22(28)25-20/h3-14H,15H2,1-2H3,(H2,26,27,30). The summed E-state index contributed by atoms with van der Waals surface area (Å²) in [5.41, 5.74) is 4.40. The number of anilines is 2. The first-order valence-electron chi connectivity index (χ1n) is 9.83. The van der Waals surface area contributed by atoms with Gasteiger partial charge in [-0.1, -0.05) is 18.2 Å². The number of fused-ring (bicyclic) bond motifs is 1. The summed E-state index contributed by atoms with van der Waals surface area (Å²) in [7, 11) is 0. The third-order valence-electron chi connectivity index (χ3n) is 4.64. The second-order valence-corrected chi connectivity index (χ2v) is 7.28. The summed E-state index contributed by atoms with van der Waals surface area (Å²) in [6.07, 6.45) is 1.76. The Hall–Kier alpha value is -4.13. The molecule has 7 nitrogen and oxygen atoms in total. The molecule has 0 atom stereocenters. The molecule has 4 rings (SSSR count). The van der Waals surface area contributed by atoms with Gasteiger partial charge in [-0.3, -0.25) is 9.20 Å². The number of aromatic nitrogens is 2. The molecule has 4 aromatic rings. The predicted molar refractivity (Wildman–Crippen MR) is 121 cm³/mol. The molecule has 7 heteroatoms. The molecule has 0 radical (unpaired) electrons. The van der Waals surface area contributed by atoms with E-state index < -0.39 is 0 Å². The van der Waals surface area contributed by atoms with Crippen LogP contribution in [0, 0.1) is 13.8 Å². The molecule has 2 amide bonds. The van der Waals surface area contributed by atoms with Gasteiger partial charge < -0.3 is 15.4 Å². The van der Waals surface area contributed by atoms with E-state index in [9.17, 15) is 9.59 Å². The number of benzene rings is 2. The van der Waals surface area contributed by atoms with Crippen LogP contribution >= 0.6 is 0 Å². The molecule has 2 aromatic carbocycles. The van der Waals surface area contributed by atoms with Crippen LogP contribution in [0.5, 0.6) is 5.75 Å². The van der Waals surface area contributed by atoms with Crippen LogP contribution in [0.3, 0.4) is 0 Å². The normalized spacial score (nSPS) is 10.6. The summed E-state index contributed by atoms with van der Waals surface area (Å²) >= 11 is 0. The molecule has 0 saturated carbocycles. The lowest BCUT2D eigenvalue weighted by Crippen LogP contribution is -2.19. The number of aryl methyl sites for hydroxylation is 2. The quantitative estimate of drug-likeness (QED) is 0.502. The van der Waals surface area contributed by atoms with Gasteiger partial charge in [-0.05, 0) is 67.4 Å². The van der Waals surface area contributed by atoms with Crippen molar-refractivity contribution in [2.45, 2.75) is 20.5 Å². The number of pyridine rings is 1. The van der Waals surface area contributed by atoms with Crippen molar-refractivity contribution in [2.24, 2.45) is 0 Å². The first kappa shape index (κ1) is 20.2. The van der Waals surface area contributed by atoms with E-state index in [4.69, 9.17) is 4.74 Å². The van der Waals surface area contributed by atoms with Crippen LogP contribution < -0.4 is 20.9 Å². The molecule has 0 saturated heterocycles. The van der Waals surface area contributed by atoms with E-state index in [1.165, 1.54) is 10.5 Å². The Balaban J connectivity index is 1.36. The van der Waals surface area contributed by atoms with Gasteiger partial charge in [-0.25, -0.2) is 9.78 Å². The van der Waals surface area contributed by atoms with Crippen molar-refractivity contribution >= 4 is 23.1 Å². The Morgan fingerprint density at radius 3 is 2.48 bits per heavy atom. The zero-order valence-corrected chi connectivity index (χ0v) is 17.3. The minimum Gasteiger partial charge on any atom is -0.487 e. The minimum absolute atomic E-state index is 0.147. The molecule has 0 aliphatic heterocycles. The van der Waals surface area contributed by atoms with Crippen LogP contribution in [0.2, 0.25) is 0 Å². The molecule has 0 aliphatic rings. The first-order valence-corrected chi connectivity index (χ1v) is 9.83. The summed E-state index contributed by atoms with van der Waals surface area (Å²) in [5, 5.41) is 5.58. The fourth-order valence-corrected chi connectivity index (χ4v) is 3.14. The highest BCUT2D eigenvalue weighted by molar-refractivity contribution is 5.99. The Morgan fingerprint density at radius 1 is 0.935 bits per heavy atom. The highest BCUT2D eigenvalue weighted by Gasteiger charge is 2.06. The Kier molecular flexibility index (Phi) is 5.66. The van der Waals surface area contributed by atoms with Gasteiger partial charge in [0.1, 0.15) is 18.0 Å². The number of nitrogens with zero attached hydrogens (tertiary/aromatic N) is 2. The highest BCUT2D eigenvalue weighted by atomic mass is 16.5. The van der Waals surface area contributed by atoms with Crippen molar-refractivity contribution in [1.82, 2.24) is 9.38 Å². The Labute approximate surface area is 179 Å². The zero-order chi connectivity index (χ0) is 21.8. The van der Waals surface area contributed by atoms with Gasteiger partial charge >= 0.3 is 6.03 Å². The molecule has 156 valence electrons. The second-order valence-electron chi connectivity index (χ2n) is 7.28. The van der Waals surface area contributed by atoms with Crippen LogP contribution in [0.4, 0.5) is 16.2 Å². The van der Waals surface area contributed by atoms with E-state index in [1.807, 2.05) is 50.2 Å². The molecule has 0 aliphatic carbocycles. The van der Waals surface area contributed by atoms with Crippen molar-refractivity contribution in [3.05, 3.63) is 100 Å². The summed E-state index contributed by atoms with van der Waals surface area (Å²) < 4.78 is 7.26. The van der Waals surface area contributed by atoms with E-state index in [1.54, 1.807) is 30.5 Å². The van der Waals surface area contributed by atoms with E-state index in [-0.39, 0.29) is 18.2 Å². The maximum Gasteiger partial charge on any atom is 0.323 e. The van der Waals surface area contributed by atoms with Gasteiger partial charge in [0, 0.05) is 23.6 Å². The highest BCUT2D eigenvalue weighted by Crippen LogP contribution is 2.17. The monoisotopic (exact) mass is 414 g/mol. The molecule has 2 aromatic heterocycles. The van der Waals surface area contributed by atoms with Crippen molar-refractivity contribution in [1.29, 1.82) is 0 Å². The van der Waals surface area contributed by atoms with Gasteiger partial charge in [-0.15, -0.1) is 0 Å². The van der Waals surface area contributed by atoms with Crippen LogP contribution in [0.25, 0.3) is 5.65 Å². The largest absolute Gasteiger partial charge is 0.487 e. The first-order chi connectivity index (χ1) is 15.0. The molecule has 2 heterocycles. The SMILES string of the molecule is Cc1cccc(NC(=O)Nc2ccc(OCc3cc(=O)n4cc(C)ccc4n3)cc2)c1. The topological polar surface area (TPSA) is 84.7 Å². The molecule has 0 spiro atoms. The smallest absolute Gasteiger partial charge is 0.323 e. The molecule has 2 N–H and O–H groups in total. The summed E-state index contributed by atoms with van der Waals surface area (Å²) in [6, 6.07) is 19.4. The molecular weight excluding hydrogens is 392 g/mol. The molecular formula is C24H22N4O3. The Bertz CT molecular complexity index is 1300. The van der Waals surface area contributed by atoms with Crippen molar-refractivity contribution in [2.75, 3.05) is 10.6 Å². The van der Waals surface area contributed by atoms with Crippen LogP contribution in [0.15, 0.2) is 77.7 Å². The van der Waals surface area contributed by atoms with E-state index in [2.05, 4.69) is 15.6 Å². The Morgan fingerprint density at radius 2 is 1.71 bits per heavy atom. The third-order valence-corrected chi connectivity index (χ3v) is 4.64. The van der Waals surface area contributed by atoms with Gasteiger partial charge in [-0.2, -0.15) is 0 Å². The number of carbonyl (C=O) groups excluding carboxylic acids is 1. The molecule has 31 heavy (non-hydrogen) atoms. The number of carbonyl (C=O) groups is 1. The summed E-state index contributed by atoms with van der Waals surface area (Å²) in [5.74, 6) is 0.607. The van der Waals surface area contributed by atoms with Crippen molar-refractivity contribution < 1.29 is 9.53 Å².